The van der Waals surface area contributed by atoms with Crippen LogP contribution in [0.4, 0.5) is 0 Å². The van der Waals surface area contributed by atoms with Crippen molar-refractivity contribution in [1.82, 2.24) is 0 Å². The Bertz CT molecular complexity index is 325. The van der Waals surface area contributed by atoms with Crippen molar-refractivity contribution in [2.45, 2.75) is 6.92 Å². The van der Waals surface area contributed by atoms with Gasteiger partial charge in [0.05, 0.1) is 22.0 Å². The fourth-order valence-corrected chi connectivity index (χ4v) is 1.66. The summed E-state index contributed by atoms with van der Waals surface area (Å²) in [5.41, 5.74) is 1.71. The zero-order valence-corrected chi connectivity index (χ0v) is 10.3. The first kappa shape index (κ1) is 10.7. The molecule has 0 bridgehead atoms. The van der Waals surface area contributed by atoms with Crippen LogP contribution in [0, 0.1) is 10.5 Å². The van der Waals surface area contributed by atoms with E-state index in [1.54, 1.807) is 6.07 Å². The van der Waals surface area contributed by atoms with Crippen molar-refractivity contribution in [2.75, 3.05) is 6.23 Å². The average molecular weight is 303 g/mol. The number of carbonyl (C=O) groups is 1. The van der Waals surface area contributed by atoms with Gasteiger partial charge in [-0.3, -0.25) is 0 Å². The molecule has 0 fully saturated rings. The van der Waals surface area contributed by atoms with Crippen LogP contribution in [-0.2, 0) is 4.74 Å². The molecule has 0 amide bonds. The van der Waals surface area contributed by atoms with E-state index in [-0.39, 0.29) is 12.2 Å². The topological polar surface area (TPSA) is 26.3 Å². The summed E-state index contributed by atoms with van der Waals surface area (Å²) in [6.07, 6.45) is 0.225. The van der Waals surface area contributed by atoms with Gasteiger partial charge in [-0.05, 0) is 41.1 Å². The van der Waals surface area contributed by atoms with Crippen LogP contribution in [0.1, 0.15) is 15.9 Å². The Balaban J connectivity index is 3.01. The van der Waals surface area contributed by atoms with Crippen LogP contribution >= 0.6 is 22.6 Å². The van der Waals surface area contributed by atoms with Gasteiger partial charge in [-0.2, -0.15) is 0 Å². The molecular weight excluding hydrogens is 295 g/mol. The Morgan fingerprint density at radius 1 is 1.62 bits per heavy atom. The predicted octanol–water partition coefficient (Wildman–Crippen LogP) is 1.88. The fourth-order valence-electron chi connectivity index (χ4n) is 0.948. The normalized spacial score (nSPS) is 9.77. The second-order valence-corrected chi connectivity index (χ2v) is 3.88. The number of carbonyl (C=O) groups excluding carboxylic acids is 1. The number of rotatable bonds is 2. The Morgan fingerprint density at radius 3 is 2.92 bits per heavy atom. The second kappa shape index (κ2) is 4.76. The molecule has 0 saturated heterocycles. The minimum Gasteiger partial charge on any atom is -0.467 e. The van der Waals surface area contributed by atoms with Crippen LogP contribution < -0.4 is 0 Å². The molecular formula is C9H8IO2Si. The molecule has 67 valence electrons. The molecule has 0 aliphatic rings. The van der Waals surface area contributed by atoms with Gasteiger partial charge in [0.1, 0.15) is 0 Å². The lowest BCUT2D eigenvalue weighted by molar-refractivity contribution is 0.0572. The second-order valence-electron chi connectivity index (χ2n) is 2.51. The van der Waals surface area contributed by atoms with Crippen LogP contribution in [0.2, 0.25) is 0 Å². The maximum Gasteiger partial charge on any atom is 0.338 e. The largest absolute Gasteiger partial charge is 0.467 e. The highest BCUT2D eigenvalue weighted by Crippen LogP contribution is 2.17. The van der Waals surface area contributed by atoms with Gasteiger partial charge in [0, 0.05) is 3.57 Å². The first-order valence-electron chi connectivity index (χ1n) is 3.73. The molecule has 0 spiro atoms. The van der Waals surface area contributed by atoms with Crippen LogP contribution in [0.3, 0.4) is 0 Å². The lowest BCUT2D eigenvalue weighted by Gasteiger charge is -2.05. The minimum absolute atomic E-state index is 0.225. The van der Waals surface area contributed by atoms with E-state index in [0.717, 1.165) is 9.13 Å². The fraction of sp³-hybridized carbons (Fsp3) is 0.222. The standard InChI is InChI=1S/C9H8IO2Si/c1-6-3-2-4-7(8(6)10)9(11)12-5-13/h2-4H,5H2,1H3. The Labute approximate surface area is 94.2 Å². The number of halogens is 1. The molecule has 0 atom stereocenters. The number of esters is 1. The number of aryl methyl sites for hydroxylation is 1. The van der Waals surface area contributed by atoms with E-state index in [1.165, 1.54) is 0 Å². The van der Waals surface area contributed by atoms with Gasteiger partial charge in [0.25, 0.3) is 0 Å². The predicted molar refractivity (Wildman–Crippen MR) is 59.9 cm³/mol. The summed E-state index contributed by atoms with van der Waals surface area (Å²) >= 11 is 2.14. The van der Waals surface area contributed by atoms with Crippen LogP contribution in [0.5, 0.6) is 0 Å². The highest BCUT2D eigenvalue weighted by atomic mass is 127. The molecule has 0 saturated carbocycles. The molecule has 0 aromatic heterocycles. The number of ether oxygens (including phenoxy) is 1. The summed E-state index contributed by atoms with van der Waals surface area (Å²) in [4.78, 5) is 11.4. The molecule has 1 aromatic carbocycles. The SMILES string of the molecule is Cc1cccc(C(=O)OC[Si])c1I. The maximum atomic E-state index is 11.4. The third kappa shape index (κ3) is 2.54. The van der Waals surface area contributed by atoms with E-state index in [0.29, 0.717) is 5.56 Å². The molecule has 0 aliphatic carbocycles. The minimum atomic E-state index is -0.289. The van der Waals surface area contributed by atoms with Crippen molar-refractivity contribution < 1.29 is 9.53 Å². The Morgan fingerprint density at radius 2 is 2.31 bits per heavy atom. The number of benzene rings is 1. The van der Waals surface area contributed by atoms with E-state index in [1.807, 2.05) is 19.1 Å². The smallest absolute Gasteiger partial charge is 0.338 e. The first-order valence-corrected chi connectivity index (χ1v) is 5.52. The number of hydrogen-bond acceptors (Lipinski definition) is 2. The van der Waals surface area contributed by atoms with Crippen LogP contribution in [-0.4, -0.2) is 22.4 Å². The van der Waals surface area contributed by atoms with Gasteiger partial charge >= 0.3 is 5.97 Å². The Kier molecular flexibility index (Phi) is 3.92. The van der Waals surface area contributed by atoms with Crippen molar-refractivity contribution in [1.29, 1.82) is 0 Å². The highest BCUT2D eigenvalue weighted by molar-refractivity contribution is 14.1. The molecule has 1 rings (SSSR count). The summed E-state index contributed by atoms with van der Waals surface area (Å²) < 4.78 is 5.78. The van der Waals surface area contributed by atoms with Crippen LogP contribution in [0.25, 0.3) is 0 Å². The molecule has 3 radical (unpaired) electrons. The zero-order valence-electron chi connectivity index (χ0n) is 7.13. The molecule has 0 unspecified atom stereocenters. The molecule has 0 heterocycles. The van der Waals surface area contributed by atoms with Gasteiger partial charge in [-0.1, -0.05) is 12.1 Å². The zero-order chi connectivity index (χ0) is 9.84. The molecule has 0 N–H and O–H groups in total. The molecule has 1 aromatic rings. The summed E-state index contributed by atoms with van der Waals surface area (Å²) in [5.74, 6) is -0.289. The lowest BCUT2D eigenvalue weighted by atomic mass is 10.1. The van der Waals surface area contributed by atoms with Crippen molar-refractivity contribution in [2.24, 2.45) is 0 Å². The maximum absolute atomic E-state index is 11.4. The van der Waals surface area contributed by atoms with Gasteiger partial charge in [0.15, 0.2) is 0 Å². The molecule has 4 heteroatoms. The van der Waals surface area contributed by atoms with Gasteiger partial charge in [0.2, 0.25) is 0 Å². The van der Waals surface area contributed by atoms with Crippen molar-refractivity contribution in [3.63, 3.8) is 0 Å². The van der Waals surface area contributed by atoms with E-state index in [2.05, 4.69) is 32.8 Å². The third-order valence-corrected chi connectivity index (χ3v) is 3.19. The molecule has 13 heavy (non-hydrogen) atoms. The summed E-state index contributed by atoms with van der Waals surface area (Å²) in [6.45, 7) is 1.96. The quantitative estimate of drug-likeness (QED) is 0.474. The van der Waals surface area contributed by atoms with Gasteiger partial charge in [-0.15, -0.1) is 0 Å². The lowest BCUT2D eigenvalue weighted by Crippen LogP contribution is -2.08. The number of hydrogen-bond donors (Lipinski definition) is 0. The summed E-state index contributed by atoms with van der Waals surface area (Å²) in [6, 6.07) is 5.58. The van der Waals surface area contributed by atoms with Gasteiger partial charge < -0.3 is 4.74 Å². The van der Waals surface area contributed by atoms with Gasteiger partial charge in [-0.25, -0.2) is 4.79 Å². The van der Waals surface area contributed by atoms with Crippen LogP contribution in [0.15, 0.2) is 18.2 Å². The molecule has 2 nitrogen and oxygen atoms in total. The summed E-state index contributed by atoms with van der Waals surface area (Å²) in [5, 5.41) is 0. The van der Waals surface area contributed by atoms with Crippen molar-refractivity contribution in [3.8, 4) is 0 Å². The highest BCUT2D eigenvalue weighted by Gasteiger charge is 2.11. The van der Waals surface area contributed by atoms with E-state index in [9.17, 15) is 4.79 Å². The monoisotopic (exact) mass is 303 g/mol. The third-order valence-electron chi connectivity index (χ3n) is 1.61. The van der Waals surface area contributed by atoms with E-state index >= 15 is 0 Å². The first-order chi connectivity index (χ1) is 6.16. The van der Waals surface area contributed by atoms with E-state index in [4.69, 9.17) is 4.74 Å². The average Bonchev–Trinajstić information content (AvgIpc) is 2.10. The van der Waals surface area contributed by atoms with Crippen molar-refractivity contribution in [3.05, 3.63) is 32.9 Å². The van der Waals surface area contributed by atoms with E-state index < -0.39 is 0 Å². The van der Waals surface area contributed by atoms with Crippen molar-refractivity contribution >= 4 is 38.8 Å². The Hall–Kier alpha value is -0.363. The summed E-state index contributed by atoms with van der Waals surface area (Å²) in [7, 11) is 3.09. The molecule has 0 aliphatic heterocycles.